The predicted molar refractivity (Wildman–Crippen MR) is 71.8 cm³/mol. The number of amides is 1. The smallest absolute Gasteiger partial charge is 0.407 e. The summed E-state index contributed by atoms with van der Waals surface area (Å²) in [4.78, 5) is 12.8. The summed E-state index contributed by atoms with van der Waals surface area (Å²) in [6.45, 7) is 8.54. The van der Waals surface area contributed by atoms with Gasteiger partial charge in [-0.1, -0.05) is 20.8 Å². The van der Waals surface area contributed by atoms with Gasteiger partial charge in [0, 0.05) is 12.6 Å². The van der Waals surface area contributed by atoms with E-state index < -0.39 is 6.09 Å². The number of ether oxygens (including phenoxy) is 1. The van der Waals surface area contributed by atoms with Crippen LogP contribution in [0, 0.1) is 16.7 Å². The summed E-state index contributed by atoms with van der Waals surface area (Å²) < 4.78 is 5.84. The molecule has 0 bridgehead atoms. The van der Waals surface area contributed by atoms with Crippen molar-refractivity contribution in [1.29, 1.82) is 5.26 Å². The topological polar surface area (TPSA) is 73.6 Å². The van der Waals surface area contributed by atoms with E-state index in [0.717, 1.165) is 0 Å². The zero-order chi connectivity index (χ0) is 14.6. The fourth-order valence-electron chi connectivity index (χ4n) is 2.61. The van der Waals surface area contributed by atoms with Crippen LogP contribution < -0.4 is 0 Å². The first-order chi connectivity index (χ1) is 8.75. The minimum absolute atomic E-state index is 0.0435. The van der Waals surface area contributed by atoms with Gasteiger partial charge in [-0.15, -0.1) is 0 Å². The first kappa shape index (κ1) is 15.8. The monoisotopic (exact) mass is 268 g/mol. The van der Waals surface area contributed by atoms with Crippen LogP contribution in [-0.4, -0.2) is 40.9 Å². The Kier molecular flexibility index (Phi) is 5.19. The third kappa shape index (κ3) is 4.39. The van der Waals surface area contributed by atoms with Gasteiger partial charge in [-0.05, 0) is 25.2 Å². The highest BCUT2D eigenvalue weighted by molar-refractivity contribution is 5.65. The Balaban J connectivity index is 2.69. The van der Waals surface area contributed by atoms with Crippen molar-refractivity contribution < 1.29 is 14.6 Å². The predicted octanol–water partition coefficient (Wildman–Crippen LogP) is 2.86. The SMILES string of the molecule is C[C@@H](CC#N)OC1CCN(C(=O)O)C(C(C)(C)C)C1. The second kappa shape index (κ2) is 6.25. The molecule has 19 heavy (non-hydrogen) atoms. The molecule has 0 aromatic heterocycles. The summed E-state index contributed by atoms with van der Waals surface area (Å²) in [5, 5.41) is 17.9. The van der Waals surface area contributed by atoms with Crippen molar-refractivity contribution in [3.63, 3.8) is 0 Å². The Morgan fingerprint density at radius 2 is 2.21 bits per heavy atom. The van der Waals surface area contributed by atoms with Crippen molar-refractivity contribution in [1.82, 2.24) is 4.90 Å². The van der Waals surface area contributed by atoms with E-state index in [1.165, 1.54) is 4.90 Å². The normalized spacial score (nSPS) is 25.7. The third-order valence-electron chi connectivity index (χ3n) is 3.60. The quantitative estimate of drug-likeness (QED) is 0.854. The highest BCUT2D eigenvalue weighted by Gasteiger charge is 2.39. The van der Waals surface area contributed by atoms with Crippen molar-refractivity contribution in [2.75, 3.05) is 6.54 Å². The number of nitriles is 1. The van der Waals surface area contributed by atoms with Gasteiger partial charge in [-0.2, -0.15) is 5.26 Å². The van der Waals surface area contributed by atoms with Crippen molar-refractivity contribution in [3.8, 4) is 6.07 Å². The molecule has 1 fully saturated rings. The maximum atomic E-state index is 11.3. The number of carboxylic acid groups (broad SMARTS) is 1. The summed E-state index contributed by atoms with van der Waals surface area (Å²) in [6.07, 6.45) is 0.873. The Labute approximate surface area is 115 Å². The zero-order valence-electron chi connectivity index (χ0n) is 12.2. The van der Waals surface area contributed by atoms with Gasteiger partial charge in [0.1, 0.15) is 0 Å². The van der Waals surface area contributed by atoms with Gasteiger partial charge in [-0.3, -0.25) is 0 Å². The molecule has 3 atom stereocenters. The van der Waals surface area contributed by atoms with E-state index in [4.69, 9.17) is 10.00 Å². The van der Waals surface area contributed by atoms with Crippen LogP contribution in [0.3, 0.4) is 0 Å². The lowest BCUT2D eigenvalue weighted by molar-refractivity contribution is -0.0613. The lowest BCUT2D eigenvalue weighted by atomic mass is 9.80. The maximum Gasteiger partial charge on any atom is 0.407 e. The van der Waals surface area contributed by atoms with Gasteiger partial charge in [0.15, 0.2) is 0 Å². The van der Waals surface area contributed by atoms with E-state index in [0.29, 0.717) is 25.8 Å². The van der Waals surface area contributed by atoms with Crippen molar-refractivity contribution in [2.45, 2.75) is 65.2 Å². The van der Waals surface area contributed by atoms with Crippen molar-refractivity contribution in [2.24, 2.45) is 5.41 Å². The van der Waals surface area contributed by atoms with E-state index in [2.05, 4.69) is 26.8 Å². The molecule has 108 valence electrons. The maximum absolute atomic E-state index is 11.3. The van der Waals surface area contributed by atoms with Crippen LogP contribution in [-0.2, 0) is 4.74 Å². The molecular formula is C14H24N2O3. The minimum atomic E-state index is -0.858. The van der Waals surface area contributed by atoms with Crippen LogP contribution in [0.15, 0.2) is 0 Å². The first-order valence-corrected chi connectivity index (χ1v) is 6.77. The molecule has 1 amide bonds. The molecule has 1 N–H and O–H groups in total. The van der Waals surface area contributed by atoms with Gasteiger partial charge in [0.25, 0.3) is 0 Å². The molecule has 1 rings (SSSR count). The Morgan fingerprint density at radius 1 is 1.58 bits per heavy atom. The number of rotatable bonds is 3. The number of hydrogen-bond acceptors (Lipinski definition) is 3. The van der Waals surface area contributed by atoms with E-state index in [1.54, 1.807) is 0 Å². The van der Waals surface area contributed by atoms with Crippen molar-refractivity contribution in [3.05, 3.63) is 0 Å². The fraction of sp³-hybridized carbons (Fsp3) is 0.857. The number of nitrogens with zero attached hydrogens (tertiary/aromatic N) is 2. The van der Waals surface area contributed by atoms with Gasteiger partial charge in [-0.25, -0.2) is 4.79 Å². The number of likely N-dealkylation sites (tertiary alicyclic amines) is 1. The van der Waals surface area contributed by atoms with Gasteiger partial charge >= 0.3 is 6.09 Å². The Hall–Kier alpha value is -1.28. The molecule has 5 heteroatoms. The summed E-state index contributed by atoms with van der Waals surface area (Å²) in [6, 6.07) is 2.05. The van der Waals surface area contributed by atoms with E-state index >= 15 is 0 Å². The molecular weight excluding hydrogens is 244 g/mol. The van der Waals surface area contributed by atoms with Crippen LogP contribution in [0.25, 0.3) is 0 Å². The standard InChI is InChI=1S/C14H24N2O3/c1-10(5-7-15)19-11-6-8-16(13(17)18)12(9-11)14(2,3)4/h10-12H,5-6,8-9H2,1-4H3,(H,17,18)/t10-,11?,12?/m0/s1. The van der Waals surface area contributed by atoms with E-state index in [-0.39, 0.29) is 23.7 Å². The van der Waals surface area contributed by atoms with Crippen LogP contribution in [0.1, 0.15) is 47.0 Å². The van der Waals surface area contributed by atoms with E-state index in [1.807, 2.05) is 6.92 Å². The van der Waals surface area contributed by atoms with Crippen LogP contribution >= 0.6 is 0 Å². The lowest BCUT2D eigenvalue weighted by Crippen LogP contribution is -2.53. The van der Waals surface area contributed by atoms with Crippen LogP contribution in [0.2, 0.25) is 0 Å². The summed E-state index contributed by atoms with van der Waals surface area (Å²) in [7, 11) is 0. The second-order valence-electron chi connectivity index (χ2n) is 6.31. The largest absolute Gasteiger partial charge is 0.465 e. The number of carbonyl (C=O) groups is 1. The second-order valence-corrected chi connectivity index (χ2v) is 6.31. The molecule has 5 nitrogen and oxygen atoms in total. The molecule has 2 unspecified atom stereocenters. The van der Waals surface area contributed by atoms with Crippen LogP contribution in [0.5, 0.6) is 0 Å². The molecule has 0 aliphatic carbocycles. The molecule has 1 heterocycles. The Bertz CT molecular complexity index is 357. The average molecular weight is 268 g/mol. The summed E-state index contributed by atoms with van der Waals surface area (Å²) in [5.74, 6) is 0. The molecule has 0 radical (unpaired) electrons. The molecule has 0 saturated carbocycles. The molecule has 1 aliphatic rings. The average Bonchev–Trinajstić information content (AvgIpc) is 2.27. The highest BCUT2D eigenvalue weighted by Crippen LogP contribution is 2.33. The van der Waals surface area contributed by atoms with E-state index in [9.17, 15) is 9.90 Å². The lowest BCUT2D eigenvalue weighted by Gasteiger charge is -2.44. The first-order valence-electron chi connectivity index (χ1n) is 6.77. The summed E-state index contributed by atoms with van der Waals surface area (Å²) >= 11 is 0. The third-order valence-corrected chi connectivity index (χ3v) is 3.60. The molecule has 1 aliphatic heterocycles. The molecule has 1 saturated heterocycles. The van der Waals surface area contributed by atoms with Crippen LogP contribution in [0.4, 0.5) is 4.79 Å². The Morgan fingerprint density at radius 3 is 2.68 bits per heavy atom. The van der Waals surface area contributed by atoms with Gasteiger partial charge < -0.3 is 14.7 Å². The number of hydrogen-bond donors (Lipinski definition) is 1. The van der Waals surface area contributed by atoms with Gasteiger partial charge in [0.05, 0.1) is 24.7 Å². The number of piperidine rings is 1. The van der Waals surface area contributed by atoms with Crippen molar-refractivity contribution >= 4 is 6.09 Å². The van der Waals surface area contributed by atoms with Gasteiger partial charge in [0.2, 0.25) is 0 Å². The fourth-order valence-corrected chi connectivity index (χ4v) is 2.61. The zero-order valence-corrected chi connectivity index (χ0v) is 12.2. The summed E-state index contributed by atoms with van der Waals surface area (Å²) in [5.41, 5.74) is -0.112. The molecule has 0 aromatic rings. The molecule has 0 aromatic carbocycles. The minimum Gasteiger partial charge on any atom is -0.465 e. The highest BCUT2D eigenvalue weighted by atomic mass is 16.5. The molecule has 0 spiro atoms.